The molecule has 1 aliphatic heterocycles. The number of aliphatic hydroxyl groups is 1. The van der Waals surface area contributed by atoms with Crippen molar-refractivity contribution in [2.24, 2.45) is 4.99 Å². The van der Waals surface area contributed by atoms with E-state index in [4.69, 9.17) is 4.74 Å². The highest BCUT2D eigenvalue weighted by atomic mass is 19.1. The molecule has 8 heteroatoms. The molecule has 0 radical (unpaired) electrons. The normalized spacial score (nSPS) is 16.4. The van der Waals surface area contributed by atoms with Crippen molar-refractivity contribution in [3.8, 4) is 0 Å². The summed E-state index contributed by atoms with van der Waals surface area (Å²) in [6.07, 6.45) is -1.09. The average molecular weight is 366 g/mol. The number of piperazine rings is 1. The van der Waals surface area contributed by atoms with Crippen LogP contribution in [-0.4, -0.2) is 72.8 Å². The molecule has 0 aromatic heterocycles. The number of hydrogen-bond acceptors (Lipinski definition) is 4. The van der Waals surface area contributed by atoms with Crippen molar-refractivity contribution in [1.29, 1.82) is 0 Å². The van der Waals surface area contributed by atoms with Crippen LogP contribution in [0, 0.1) is 5.82 Å². The summed E-state index contributed by atoms with van der Waals surface area (Å²) in [5.41, 5.74) is 0.623. The summed E-state index contributed by atoms with van der Waals surface area (Å²) >= 11 is 0. The standard InChI is InChI=1S/C18H27FN4O3/c1-3-20-17(21-13-16(24)14-5-7-15(19)8-6-14)22-9-11-23(12-10-22)18(25)26-4-2/h5-8,16,24H,3-4,9-13H2,1-2H3,(H,20,21). The monoisotopic (exact) mass is 366 g/mol. The lowest BCUT2D eigenvalue weighted by Gasteiger charge is -2.36. The Morgan fingerprint density at radius 1 is 1.23 bits per heavy atom. The van der Waals surface area contributed by atoms with Crippen molar-refractivity contribution < 1.29 is 19.0 Å². The van der Waals surface area contributed by atoms with E-state index in [1.807, 2.05) is 6.92 Å². The van der Waals surface area contributed by atoms with E-state index in [1.54, 1.807) is 24.0 Å². The molecule has 1 aromatic rings. The average Bonchev–Trinajstić information content (AvgIpc) is 2.66. The van der Waals surface area contributed by atoms with Crippen LogP contribution in [0.4, 0.5) is 9.18 Å². The second-order valence-corrected chi connectivity index (χ2v) is 5.93. The maximum atomic E-state index is 13.0. The minimum Gasteiger partial charge on any atom is -0.450 e. The lowest BCUT2D eigenvalue weighted by atomic mass is 10.1. The molecule has 1 unspecified atom stereocenters. The first kappa shape index (κ1) is 20.0. The zero-order valence-corrected chi connectivity index (χ0v) is 15.3. The molecular formula is C18H27FN4O3. The Kier molecular flexibility index (Phi) is 7.65. The van der Waals surface area contributed by atoms with Crippen molar-refractivity contribution in [1.82, 2.24) is 15.1 Å². The van der Waals surface area contributed by atoms with E-state index in [2.05, 4.69) is 15.2 Å². The molecule has 1 atom stereocenters. The van der Waals surface area contributed by atoms with Gasteiger partial charge in [0.15, 0.2) is 5.96 Å². The Morgan fingerprint density at radius 2 is 1.85 bits per heavy atom. The predicted octanol–water partition coefficient (Wildman–Crippen LogP) is 1.60. The topological polar surface area (TPSA) is 77.4 Å². The number of nitrogens with zero attached hydrogens (tertiary/aromatic N) is 3. The molecule has 2 rings (SSSR count). The highest BCUT2D eigenvalue weighted by molar-refractivity contribution is 5.80. The molecule has 1 fully saturated rings. The second-order valence-electron chi connectivity index (χ2n) is 5.93. The molecule has 1 heterocycles. The number of benzene rings is 1. The minimum absolute atomic E-state index is 0.173. The number of hydrogen-bond donors (Lipinski definition) is 2. The number of carbonyl (C=O) groups excluding carboxylic acids is 1. The largest absolute Gasteiger partial charge is 0.450 e. The Hall–Kier alpha value is -2.35. The number of amides is 1. The van der Waals surface area contributed by atoms with Crippen LogP contribution < -0.4 is 5.32 Å². The van der Waals surface area contributed by atoms with Crippen LogP contribution in [0.25, 0.3) is 0 Å². The first-order valence-electron chi connectivity index (χ1n) is 8.93. The van der Waals surface area contributed by atoms with Gasteiger partial charge < -0.3 is 25.0 Å². The summed E-state index contributed by atoms with van der Waals surface area (Å²) in [6, 6.07) is 5.76. The van der Waals surface area contributed by atoms with Gasteiger partial charge >= 0.3 is 6.09 Å². The van der Waals surface area contributed by atoms with Gasteiger partial charge in [-0.2, -0.15) is 0 Å². The smallest absolute Gasteiger partial charge is 0.409 e. The Bertz CT molecular complexity index is 601. The number of halogens is 1. The van der Waals surface area contributed by atoms with E-state index in [0.29, 0.717) is 50.9 Å². The van der Waals surface area contributed by atoms with Crippen LogP contribution in [0.1, 0.15) is 25.5 Å². The van der Waals surface area contributed by atoms with Gasteiger partial charge in [-0.3, -0.25) is 4.99 Å². The fourth-order valence-corrected chi connectivity index (χ4v) is 2.70. The maximum Gasteiger partial charge on any atom is 0.409 e. The van der Waals surface area contributed by atoms with Crippen molar-refractivity contribution in [3.05, 3.63) is 35.6 Å². The number of aliphatic hydroxyl groups excluding tert-OH is 1. The number of rotatable bonds is 5. The third-order valence-electron chi connectivity index (χ3n) is 4.11. The SMILES string of the molecule is CCNC(=NCC(O)c1ccc(F)cc1)N1CCN(C(=O)OCC)CC1. The number of aliphatic imine (C=N–C) groups is 1. The van der Waals surface area contributed by atoms with Gasteiger partial charge in [0.05, 0.1) is 19.3 Å². The van der Waals surface area contributed by atoms with Crippen LogP contribution in [0.2, 0.25) is 0 Å². The van der Waals surface area contributed by atoms with Crippen molar-refractivity contribution in [2.45, 2.75) is 20.0 Å². The lowest BCUT2D eigenvalue weighted by molar-refractivity contribution is 0.0914. The van der Waals surface area contributed by atoms with Crippen molar-refractivity contribution in [3.63, 3.8) is 0 Å². The Balaban J connectivity index is 1.94. The van der Waals surface area contributed by atoms with Gasteiger partial charge in [0, 0.05) is 32.7 Å². The summed E-state index contributed by atoms with van der Waals surface area (Å²) in [4.78, 5) is 20.0. The number of nitrogens with one attached hydrogen (secondary N) is 1. The van der Waals surface area contributed by atoms with Crippen molar-refractivity contribution >= 4 is 12.1 Å². The first-order valence-corrected chi connectivity index (χ1v) is 8.93. The van der Waals surface area contributed by atoms with E-state index in [-0.39, 0.29) is 18.5 Å². The molecule has 1 amide bonds. The quantitative estimate of drug-likeness (QED) is 0.611. The van der Waals surface area contributed by atoms with Crippen molar-refractivity contribution in [2.75, 3.05) is 45.9 Å². The van der Waals surface area contributed by atoms with E-state index >= 15 is 0 Å². The van der Waals surface area contributed by atoms with Gasteiger partial charge in [0.25, 0.3) is 0 Å². The summed E-state index contributed by atoms with van der Waals surface area (Å²) in [5, 5.41) is 13.5. The van der Waals surface area contributed by atoms with E-state index < -0.39 is 6.10 Å². The number of guanidine groups is 1. The van der Waals surface area contributed by atoms with Gasteiger partial charge in [0.1, 0.15) is 5.82 Å². The first-order chi connectivity index (χ1) is 12.5. The molecule has 1 aromatic carbocycles. The molecule has 26 heavy (non-hydrogen) atoms. The fourth-order valence-electron chi connectivity index (χ4n) is 2.70. The molecule has 0 spiro atoms. The maximum absolute atomic E-state index is 13.0. The van der Waals surface area contributed by atoms with Gasteiger partial charge in [-0.15, -0.1) is 0 Å². The molecule has 144 valence electrons. The molecule has 2 N–H and O–H groups in total. The highest BCUT2D eigenvalue weighted by Crippen LogP contribution is 2.14. The molecule has 0 bridgehead atoms. The van der Waals surface area contributed by atoms with Crippen LogP contribution in [0.3, 0.4) is 0 Å². The Morgan fingerprint density at radius 3 is 2.42 bits per heavy atom. The number of ether oxygens (including phenoxy) is 1. The third-order valence-corrected chi connectivity index (χ3v) is 4.11. The summed E-state index contributed by atoms with van der Waals surface area (Å²) in [7, 11) is 0. The molecule has 1 aliphatic rings. The zero-order chi connectivity index (χ0) is 18.9. The molecular weight excluding hydrogens is 339 g/mol. The zero-order valence-electron chi connectivity index (χ0n) is 15.3. The van der Waals surface area contributed by atoms with Gasteiger partial charge in [-0.1, -0.05) is 12.1 Å². The van der Waals surface area contributed by atoms with Gasteiger partial charge in [0.2, 0.25) is 0 Å². The van der Waals surface area contributed by atoms with Gasteiger partial charge in [-0.25, -0.2) is 9.18 Å². The van der Waals surface area contributed by atoms with Crippen LogP contribution >= 0.6 is 0 Å². The Labute approximate surface area is 153 Å². The molecule has 1 saturated heterocycles. The summed E-state index contributed by atoms with van der Waals surface area (Å²) in [6.45, 7) is 7.39. The minimum atomic E-state index is -0.801. The van der Waals surface area contributed by atoms with Crippen LogP contribution in [0.5, 0.6) is 0 Å². The van der Waals surface area contributed by atoms with Crippen LogP contribution in [0.15, 0.2) is 29.3 Å². The summed E-state index contributed by atoms with van der Waals surface area (Å²) < 4.78 is 18.0. The summed E-state index contributed by atoms with van der Waals surface area (Å²) in [5.74, 6) is 0.356. The number of carbonyl (C=O) groups is 1. The van der Waals surface area contributed by atoms with Gasteiger partial charge in [-0.05, 0) is 31.5 Å². The molecule has 0 aliphatic carbocycles. The lowest BCUT2D eigenvalue weighted by Crippen LogP contribution is -2.54. The van der Waals surface area contributed by atoms with Crippen LogP contribution in [-0.2, 0) is 4.74 Å². The van der Waals surface area contributed by atoms with E-state index in [1.165, 1.54) is 12.1 Å². The molecule has 0 saturated carbocycles. The second kappa shape index (κ2) is 9.96. The third kappa shape index (κ3) is 5.59. The predicted molar refractivity (Wildman–Crippen MR) is 97.5 cm³/mol. The van der Waals surface area contributed by atoms with E-state index in [0.717, 1.165) is 0 Å². The fraction of sp³-hybridized carbons (Fsp3) is 0.556. The highest BCUT2D eigenvalue weighted by Gasteiger charge is 2.23. The molecule has 7 nitrogen and oxygen atoms in total. The van der Waals surface area contributed by atoms with E-state index in [9.17, 15) is 14.3 Å².